The second-order valence-corrected chi connectivity index (χ2v) is 4.26. The number of carbonyl (C=O) groups excluding carboxylic acids is 1. The van der Waals surface area contributed by atoms with Crippen molar-refractivity contribution in [2.45, 2.75) is 51.5 Å². The highest BCUT2D eigenvalue weighted by Gasteiger charge is 2.22. The van der Waals surface area contributed by atoms with E-state index in [-0.39, 0.29) is 11.8 Å². The normalized spacial score (nSPS) is 20.3. The van der Waals surface area contributed by atoms with Gasteiger partial charge in [0.15, 0.2) is 0 Å². The number of rotatable bonds is 3. The Morgan fingerprint density at radius 3 is 2.20 bits per heavy atom. The summed E-state index contributed by atoms with van der Waals surface area (Å²) in [7, 11) is 0. The molecule has 1 aliphatic rings. The molecule has 1 rings (SSSR count). The molecule has 86 valence electrons. The van der Waals surface area contributed by atoms with Gasteiger partial charge in [-0.05, 0) is 19.8 Å². The number of carboxylic acid groups (broad SMARTS) is 1. The van der Waals surface area contributed by atoms with Crippen LogP contribution >= 0.6 is 0 Å². The molecule has 1 aliphatic carbocycles. The molecular weight excluding hydrogens is 194 g/mol. The summed E-state index contributed by atoms with van der Waals surface area (Å²) in [6.45, 7) is 1.50. The van der Waals surface area contributed by atoms with E-state index in [2.05, 4.69) is 5.32 Å². The van der Waals surface area contributed by atoms with E-state index in [1.807, 2.05) is 0 Å². The lowest BCUT2D eigenvalue weighted by Crippen LogP contribution is -2.41. The molecule has 4 nitrogen and oxygen atoms in total. The Labute approximate surface area is 90.0 Å². The van der Waals surface area contributed by atoms with E-state index in [4.69, 9.17) is 5.11 Å². The summed E-state index contributed by atoms with van der Waals surface area (Å²) in [5, 5.41) is 11.2. The molecule has 0 bridgehead atoms. The summed E-state index contributed by atoms with van der Waals surface area (Å²) < 4.78 is 0. The summed E-state index contributed by atoms with van der Waals surface area (Å²) in [4.78, 5) is 22.3. The molecule has 0 radical (unpaired) electrons. The van der Waals surface area contributed by atoms with Gasteiger partial charge in [-0.2, -0.15) is 0 Å². The third kappa shape index (κ3) is 3.90. The molecule has 0 spiro atoms. The van der Waals surface area contributed by atoms with Gasteiger partial charge in [0, 0.05) is 5.92 Å². The van der Waals surface area contributed by atoms with Gasteiger partial charge in [0.25, 0.3) is 0 Å². The summed E-state index contributed by atoms with van der Waals surface area (Å²) in [5.74, 6) is -1.04. The van der Waals surface area contributed by atoms with Crippen LogP contribution in [0.15, 0.2) is 0 Å². The van der Waals surface area contributed by atoms with E-state index in [1.54, 1.807) is 0 Å². The van der Waals surface area contributed by atoms with Crippen LogP contribution in [0.5, 0.6) is 0 Å². The summed E-state index contributed by atoms with van der Waals surface area (Å²) in [6.07, 6.45) is 6.35. The van der Waals surface area contributed by atoms with Gasteiger partial charge in [0.2, 0.25) is 5.91 Å². The molecule has 1 amide bonds. The highest BCUT2D eigenvalue weighted by atomic mass is 16.4. The van der Waals surface area contributed by atoms with Crippen molar-refractivity contribution < 1.29 is 14.7 Å². The van der Waals surface area contributed by atoms with Crippen molar-refractivity contribution in [3.05, 3.63) is 0 Å². The van der Waals surface area contributed by atoms with Crippen LogP contribution in [0.2, 0.25) is 0 Å². The number of carboxylic acids is 1. The number of amides is 1. The topological polar surface area (TPSA) is 66.4 Å². The van der Waals surface area contributed by atoms with Crippen LogP contribution in [0.1, 0.15) is 45.4 Å². The maximum Gasteiger partial charge on any atom is 0.325 e. The standard InChI is InChI=1S/C11H19NO3/c1-8(11(14)15)12-10(13)9-6-4-2-3-5-7-9/h8-9H,2-7H2,1H3,(H,12,13)(H,14,15)/t8-/m0/s1. The lowest BCUT2D eigenvalue weighted by molar-refractivity contribution is -0.142. The van der Waals surface area contributed by atoms with Gasteiger partial charge in [0.1, 0.15) is 6.04 Å². The predicted molar refractivity (Wildman–Crippen MR) is 56.4 cm³/mol. The van der Waals surface area contributed by atoms with E-state index in [1.165, 1.54) is 19.8 Å². The quantitative estimate of drug-likeness (QED) is 0.699. The second kappa shape index (κ2) is 5.73. The van der Waals surface area contributed by atoms with Crippen LogP contribution in [-0.2, 0) is 9.59 Å². The summed E-state index contributed by atoms with van der Waals surface area (Å²) in [6, 6.07) is -0.777. The van der Waals surface area contributed by atoms with Crippen molar-refractivity contribution in [2.75, 3.05) is 0 Å². The maximum atomic E-state index is 11.7. The third-order valence-corrected chi connectivity index (χ3v) is 2.96. The number of aliphatic carboxylic acids is 1. The molecule has 0 aromatic rings. The molecular formula is C11H19NO3. The Kier molecular flexibility index (Phi) is 4.59. The molecule has 0 unspecified atom stereocenters. The van der Waals surface area contributed by atoms with Gasteiger partial charge >= 0.3 is 5.97 Å². The third-order valence-electron chi connectivity index (χ3n) is 2.96. The van der Waals surface area contributed by atoms with Crippen molar-refractivity contribution >= 4 is 11.9 Å². The van der Waals surface area contributed by atoms with E-state index in [0.29, 0.717) is 0 Å². The molecule has 0 aromatic carbocycles. The van der Waals surface area contributed by atoms with Crippen molar-refractivity contribution in [1.82, 2.24) is 5.32 Å². The van der Waals surface area contributed by atoms with Gasteiger partial charge < -0.3 is 10.4 Å². The molecule has 1 fully saturated rings. The van der Waals surface area contributed by atoms with Crippen molar-refractivity contribution in [3.63, 3.8) is 0 Å². The fourth-order valence-corrected chi connectivity index (χ4v) is 1.93. The number of nitrogens with one attached hydrogen (secondary N) is 1. The Bertz CT molecular complexity index is 232. The SMILES string of the molecule is C[C@H](NC(=O)C1CCCCCC1)C(=O)O. The molecule has 0 aromatic heterocycles. The van der Waals surface area contributed by atoms with Gasteiger partial charge in [-0.1, -0.05) is 25.7 Å². The molecule has 1 atom stereocenters. The van der Waals surface area contributed by atoms with E-state index in [9.17, 15) is 9.59 Å². The largest absolute Gasteiger partial charge is 0.480 e. The molecule has 2 N–H and O–H groups in total. The molecule has 1 saturated carbocycles. The molecule has 15 heavy (non-hydrogen) atoms. The minimum atomic E-state index is -0.975. The second-order valence-electron chi connectivity index (χ2n) is 4.26. The van der Waals surface area contributed by atoms with Gasteiger partial charge in [-0.3, -0.25) is 9.59 Å². The Morgan fingerprint density at radius 2 is 1.73 bits per heavy atom. The van der Waals surface area contributed by atoms with E-state index < -0.39 is 12.0 Å². The first-order valence-corrected chi connectivity index (χ1v) is 5.64. The number of carbonyl (C=O) groups is 2. The smallest absolute Gasteiger partial charge is 0.325 e. The summed E-state index contributed by atoms with van der Waals surface area (Å²) in [5.41, 5.74) is 0. The highest BCUT2D eigenvalue weighted by Crippen LogP contribution is 2.22. The first-order valence-electron chi connectivity index (χ1n) is 5.64. The molecule has 0 saturated heterocycles. The zero-order chi connectivity index (χ0) is 11.3. The average Bonchev–Trinajstić information content (AvgIpc) is 2.45. The first kappa shape index (κ1) is 12.0. The predicted octanol–water partition coefficient (Wildman–Crippen LogP) is 1.55. The zero-order valence-corrected chi connectivity index (χ0v) is 9.16. The first-order chi connectivity index (χ1) is 7.11. The highest BCUT2D eigenvalue weighted by molar-refractivity contribution is 5.84. The van der Waals surface area contributed by atoms with Crippen LogP contribution < -0.4 is 5.32 Å². The minimum absolute atomic E-state index is 0.0225. The van der Waals surface area contributed by atoms with Gasteiger partial charge in [-0.15, -0.1) is 0 Å². The maximum absolute atomic E-state index is 11.7. The van der Waals surface area contributed by atoms with Gasteiger partial charge in [0.05, 0.1) is 0 Å². The number of hydrogen-bond donors (Lipinski definition) is 2. The minimum Gasteiger partial charge on any atom is -0.480 e. The summed E-state index contributed by atoms with van der Waals surface area (Å²) >= 11 is 0. The van der Waals surface area contributed by atoms with Crippen LogP contribution in [0.3, 0.4) is 0 Å². The molecule has 0 heterocycles. The fourth-order valence-electron chi connectivity index (χ4n) is 1.93. The lowest BCUT2D eigenvalue weighted by Gasteiger charge is -2.16. The van der Waals surface area contributed by atoms with Crippen LogP contribution in [0, 0.1) is 5.92 Å². The average molecular weight is 213 g/mol. The fraction of sp³-hybridized carbons (Fsp3) is 0.818. The Hall–Kier alpha value is -1.06. The van der Waals surface area contributed by atoms with E-state index >= 15 is 0 Å². The van der Waals surface area contributed by atoms with Crippen LogP contribution in [0.25, 0.3) is 0 Å². The van der Waals surface area contributed by atoms with Crippen molar-refractivity contribution in [2.24, 2.45) is 5.92 Å². The van der Waals surface area contributed by atoms with Crippen molar-refractivity contribution in [3.8, 4) is 0 Å². The Balaban J connectivity index is 2.41. The molecule has 4 heteroatoms. The Morgan fingerprint density at radius 1 is 1.20 bits per heavy atom. The number of hydrogen-bond acceptors (Lipinski definition) is 2. The van der Waals surface area contributed by atoms with Gasteiger partial charge in [-0.25, -0.2) is 0 Å². The van der Waals surface area contributed by atoms with Crippen LogP contribution in [-0.4, -0.2) is 23.0 Å². The monoisotopic (exact) mass is 213 g/mol. The van der Waals surface area contributed by atoms with E-state index in [0.717, 1.165) is 25.7 Å². The van der Waals surface area contributed by atoms with Crippen LogP contribution in [0.4, 0.5) is 0 Å². The lowest BCUT2D eigenvalue weighted by atomic mass is 9.99. The van der Waals surface area contributed by atoms with Crippen molar-refractivity contribution in [1.29, 1.82) is 0 Å². The zero-order valence-electron chi connectivity index (χ0n) is 9.16. The molecule has 0 aliphatic heterocycles.